The average molecular weight is 339 g/mol. The summed E-state index contributed by atoms with van der Waals surface area (Å²) in [5.74, 6) is 0.145. The summed E-state index contributed by atoms with van der Waals surface area (Å²) in [5.41, 5.74) is 2.29. The van der Waals surface area contributed by atoms with Crippen LogP contribution in [0.1, 0.15) is 23.5 Å². The summed E-state index contributed by atoms with van der Waals surface area (Å²) in [4.78, 5) is 14.8. The predicted molar refractivity (Wildman–Crippen MR) is 97.3 cm³/mol. The summed E-state index contributed by atoms with van der Waals surface area (Å²) in [5, 5.41) is 9.44. The van der Waals surface area contributed by atoms with Crippen LogP contribution in [0.25, 0.3) is 0 Å². The summed E-state index contributed by atoms with van der Waals surface area (Å²) in [7, 11) is 0. The molecule has 1 fully saturated rings. The molecule has 2 aromatic rings. The number of benzene rings is 2. The van der Waals surface area contributed by atoms with Gasteiger partial charge in [0, 0.05) is 38.0 Å². The van der Waals surface area contributed by atoms with Crippen LogP contribution in [0.5, 0.6) is 0 Å². The van der Waals surface area contributed by atoms with Crippen molar-refractivity contribution in [3.8, 4) is 0 Å². The van der Waals surface area contributed by atoms with Crippen molar-refractivity contribution in [3.63, 3.8) is 0 Å². The molecule has 1 saturated heterocycles. The molecule has 0 radical (unpaired) electrons. The molecule has 25 heavy (non-hydrogen) atoms. The van der Waals surface area contributed by atoms with E-state index in [9.17, 15) is 9.90 Å². The lowest BCUT2D eigenvalue weighted by Crippen LogP contribution is -2.37. The first-order chi connectivity index (χ1) is 12.3. The van der Waals surface area contributed by atoms with Gasteiger partial charge in [0.05, 0.1) is 13.2 Å². The van der Waals surface area contributed by atoms with Crippen LogP contribution in [0, 0.1) is 5.92 Å². The number of ether oxygens (including phenoxy) is 1. The second kappa shape index (κ2) is 8.79. The molecule has 0 unspecified atom stereocenters. The van der Waals surface area contributed by atoms with Gasteiger partial charge in [-0.15, -0.1) is 0 Å². The largest absolute Gasteiger partial charge is 0.396 e. The van der Waals surface area contributed by atoms with E-state index in [1.807, 2.05) is 41.3 Å². The minimum atomic E-state index is -0.00153. The molecule has 2 aromatic carbocycles. The third-order valence-electron chi connectivity index (χ3n) is 4.73. The average Bonchev–Trinajstić information content (AvgIpc) is 2.93. The van der Waals surface area contributed by atoms with Crippen LogP contribution in [0.4, 0.5) is 0 Å². The molecule has 4 heteroatoms. The maximum Gasteiger partial charge on any atom is 0.223 e. The van der Waals surface area contributed by atoms with E-state index in [-0.39, 0.29) is 24.3 Å². The number of carbonyl (C=O) groups is 1. The molecule has 1 aliphatic heterocycles. The van der Waals surface area contributed by atoms with E-state index >= 15 is 0 Å². The highest BCUT2D eigenvalue weighted by Crippen LogP contribution is 2.28. The Bertz CT molecular complexity index is 620. The standard InChI is InChI=1S/C21H25NO3/c23-15-17-14-22(11-12-25-16-17)21(24)13-20(18-7-3-1-4-8-18)19-9-5-2-6-10-19/h1-10,17,20,23H,11-16H2/t17-/m0/s1. The zero-order valence-electron chi connectivity index (χ0n) is 14.4. The molecule has 0 bridgehead atoms. The van der Waals surface area contributed by atoms with Crippen LogP contribution in [-0.4, -0.2) is 48.8 Å². The van der Waals surface area contributed by atoms with E-state index in [0.29, 0.717) is 32.7 Å². The second-order valence-corrected chi connectivity index (χ2v) is 6.54. The first-order valence-electron chi connectivity index (χ1n) is 8.84. The number of aliphatic hydroxyl groups excluding tert-OH is 1. The zero-order valence-corrected chi connectivity index (χ0v) is 14.4. The quantitative estimate of drug-likeness (QED) is 0.911. The predicted octanol–water partition coefficient (Wildman–Crippen LogP) is 2.68. The summed E-state index contributed by atoms with van der Waals surface area (Å²) < 4.78 is 5.50. The topological polar surface area (TPSA) is 49.8 Å². The van der Waals surface area contributed by atoms with Crippen LogP contribution in [0.15, 0.2) is 60.7 Å². The van der Waals surface area contributed by atoms with Crippen LogP contribution < -0.4 is 0 Å². The highest BCUT2D eigenvalue weighted by molar-refractivity contribution is 5.78. The fourth-order valence-electron chi connectivity index (χ4n) is 3.32. The van der Waals surface area contributed by atoms with E-state index in [1.54, 1.807) is 0 Å². The molecule has 1 N–H and O–H groups in total. The highest BCUT2D eigenvalue weighted by Gasteiger charge is 2.25. The molecular formula is C21H25NO3. The molecule has 0 aliphatic carbocycles. The molecule has 132 valence electrons. The van der Waals surface area contributed by atoms with Crippen molar-refractivity contribution < 1.29 is 14.6 Å². The minimum absolute atomic E-state index is 0.00153. The van der Waals surface area contributed by atoms with E-state index in [2.05, 4.69) is 24.3 Å². The summed E-state index contributed by atoms with van der Waals surface area (Å²) >= 11 is 0. The summed E-state index contributed by atoms with van der Waals surface area (Å²) in [6, 6.07) is 20.3. The Hall–Kier alpha value is -2.17. The lowest BCUT2D eigenvalue weighted by Gasteiger charge is -2.26. The van der Waals surface area contributed by atoms with Gasteiger partial charge >= 0.3 is 0 Å². The Morgan fingerprint density at radius 2 is 1.68 bits per heavy atom. The Morgan fingerprint density at radius 3 is 2.24 bits per heavy atom. The van der Waals surface area contributed by atoms with Gasteiger partial charge < -0.3 is 14.7 Å². The van der Waals surface area contributed by atoms with Crippen LogP contribution in [-0.2, 0) is 9.53 Å². The second-order valence-electron chi connectivity index (χ2n) is 6.54. The molecule has 0 spiro atoms. The molecule has 4 nitrogen and oxygen atoms in total. The zero-order chi connectivity index (χ0) is 17.5. The van der Waals surface area contributed by atoms with Crippen molar-refractivity contribution in [1.82, 2.24) is 4.90 Å². The lowest BCUT2D eigenvalue weighted by atomic mass is 9.88. The Morgan fingerprint density at radius 1 is 1.08 bits per heavy atom. The monoisotopic (exact) mass is 339 g/mol. The highest BCUT2D eigenvalue weighted by atomic mass is 16.5. The van der Waals surface area contributed by atoms with Gasteiger partial charge in [-0.3, -0.25) is 4.79 Å². The van der Waals surface area contributed by atoms with Crippen molar-refractivity contribution in [2.45, 2.75) is 12.3 Å². The van der Waals surface area contributed by atoms with Gasteiger partial charge in [-0.1, -0.05) is 60.7 Å². The Labute approximate surface area is 149 Å². The van der Waals surface area contributed by atoms with Gasteiger partial charge in [-0.2, -0.15) is 0 Å². The number of hydrogen-bond acceptors (Lipinski definition) is 3. The first-order valence-corrected chi connectivity index (χ1v) is 8.84. The normalized spacial score (nSPS) is 18.2. The van der Waals surface area contributed by atoms with Gasteiger partial charge in [-0.25, -0.2) is 0 Å². The summed E-state index contributed by atoms with van der Waals surface area (Å²) in [6.07, 6.45) is 0.423. The number of amides is 1. The van der Waals surface area contributed by atoms with Crippen molar-refractivity contribution in [1.29, 1.82) is 0 Å². The van der Waals surface area contributed by atoms with E-state index in [4.69, 9.17) is 4.74 Å². The van der Waals surface area contributed by atoms with E-state index < -0.39 is 0 Å². The van der Waals surface area contributed by atoms with Crippen LogP contribution >= 0.6 is 0 Å². The van der Waals surface area contributed by atoms with Crippen LogP contribution in [0.2, 0.25) is 0 Å². The molecule has 0 saturated carbocycles. The van der Waals surface area contributed by atoms with E-state index in [1.165, 1.54) is 0 Å². The molecule has 1 atom stereocenters. The summed E-state index contributed by atoms with van der Waals surface area (Å²) in [6.45, 7) is 2.24. The van der Waals surface area contributed by atoms with Crippen molar-refractivity contribution in [2.24, 2.45) is 5.92 Å². The first kappa shape index (κ1) is 17.6. The maximum absolute atomic E-state index is 13.0. The molecular weight excluding hydrogens is 314 g/mol. The maximum atomic E-state index is 13.0. The molecule has 3 rings (SSSR count). The van der Waals surface area contributed by atoms with Crippen LogP contribution in [0.3, 0.4) is 0 Å². The fraction of sp³-hybridized carbons (Fsp3) is 0.381. The lowest BCUT2D eigenvalue weighted by molar-refractivity contribution is -0.131. The number of nitrogens with zero attached hydrogens (tertiary/aromatic N) is 1. The third kappa shape index (κ3) is 4.68. The molecule has 1 heterocycles. The van der Waals surface area contributed by atoms with Gasteiger partial charge in [0.25, 0.3) is 0 Å². The Balaban J connectivity index is 1.79. The van der Waals surface area contributed by atoms with Gasteiger partial charge in [0.2, 0.25) is 5.91 Å². The number of hydrogen-bond donors (Lipinski definition) is 1. The Kier molecular flexibility index (Phi) is 6.20. The van der Waals surface area contributed by atoms with Crippen molar-refractivity contribution in [2.75, 3.05) is 32.9 Å². The van der Waals surface area contributed by atoms with Crippen molar-refractivity contribution in [3.05, 3.63) is 71.8 Å². The van der Waals surface area contributed by atoms with Gasteiger partial charge in [0.15, 0.2) is 0 Å². The SMILES string of the molecule is O=C(CC(c1ccccc1)c1ccccc1)N1CCOC[C@H](CO)C1. The van der Waals surface area contributed by atoms with Gasteiger partial charge in [0.1, 0.15) is 0 Å². The van der Waals surface area contributed by atoms with E-state index in [0.717, 1.165) is 11.1 Å². The molecule has 1 aliphatic rings. The fourth-order valence-corrected chi connectivity index (χ4v) is 3.32. The third-order valence-corrected chi connectivity index (χ3v) is 4.73. The number of carbonyl (C=O) groups excluding carboxylic acids is 1. The molecule has 1 amide bonds. The molecule has 0 aromatic heterocycles. The van der Waals surface area contributed by atoms with Crippen molar-refractivity contribution >= 4 is 5.91 Å². The van der Waals surface area contributed by atoms with Gasteiger partial charge in [-0.05, 0) is 11.1 Å². The number of aliphatic hydroxyl groups is 1. The smallest absolute Gasteiger partial charge is 0.223 e. The minimum Gasteiger partial charge on any atom is -0.396 e. The number of rotatable bonds is 5.